The van der Waals surface area contributed by atoms with Gasteiger partial charge in [-0.1, -0.05) is 26.8 Å². The molecular formula is C21H24N4O3. The average molecular weight is 380 g/mol. The molecule has 7 nitrogen and oxygen atoms in total. The molecule has 7 heteroatoms. The molecule has 2 aromatic heterocycles. The summed E-state index contributed by atoms with van der Waals surface area (Å²) in [5.41, 5.74) is 2.08. The van der Waals surface area contributed by atoms with E-state index in [0.717, 1.165) is 35.0 Å². The lowest BCUT2D eigenvalue weighted by atomic mass is 9.96. The summed E-state index contributed by atoms with van der Waals surface area (Å²) < 4.78 is 13.2. The van der Waals surface area contributed by atoms with E-state index in [1.807, 2.05) is 28.7 Å². The molecular weight excluding hydrogens is 356 g/mol. The normalized spacial score (nSPS) is 14.0. The predicted molar refractivity (Wildman–Crippen MR) is 105 cm³/mol. The molecule has 146 valence electrons. The lowest BCUT2D eigenvalue weighted by molar-refractivity contribution is 0.0950. The Kier molecular flexibility index (Phi) is 4.66. The summed E-state index contributed by atoms with van der Waals surface area (Å²) in [5, 5.41) is 11.4. The minimum absolute atomic E-state index is 0.150. The smallest absolute Gasteiger partial charge is 0.253 e. The maximum atomic E-state index is 12.7. The number of nitrogens with one attached hydrogen (secondary N) is 1. The monoisotopic (exact) mass is 380 g/mol. The van der Waals surface area contributed by atoms with Crippen LogP contribution >= 0.6 is 0 Å². The van der Waals surface area contributed by atoms with Gasteiger partial charge in [-0.05, 0) is 29.8 Å². The van der Waals surface area contributed by atoms with Gasteiger partial charge >= 0.3 is 0 Å². The quantitative estimate of drug-likeness (QED) is 0.755. The molecule has 1 N–H and O–H groups in total. The maximum absolute atomic E-state index is 12.7. The van der Waals surface area contributed by atoms with E-state index in [1.54, 1.807) is 12.3 Å². The van der Waals surface area contributed by atoms with Gasteiger partial charge in [-0.25, -0.2) is 0 Å². The minimum Gasteiger partial charge on any atom is -0.490 e. The zero-order valence-corrected chi connectivity index (χ0v) is 16.4. The van der Waals surface area contributed by atoms with Gasteiger partial charge in [0.1, 0.15) is 5.82 Å². The highest BCUT2D eigenvalue weighted by Crippen LogP contribution is 2.30. The van der Waals surface area contributed by atoms with Crippen LogP contribution in [0.5, 0.6) is 11.5 Å². The SMILES string of the molecule is CC(C)(C)c1nnc2ccc(C(=O)NCc3ccc4c(c3)OCCCO4)cn12. The molecule has 0 bridgehead atoms. The maximum Gasteiger partial charge on any atom is 0.253 e. The Labute approximate surface area is 163 Å². The van der Waals surface area contributed by atoms with Crippen LogP contribution in [0.1, 0.15) is 48.9 Å². The van der Waals surface area contributed by atoms with Crippen molar-refractivity contribution < 1.29 is 14.3 Å². The molecule has 0 saturated heterocycles. The number of hydrogen-bond donors (Lipinski definition) is 1. The number of aromatic nitrogens is 3. The van der Waals surface area contributed by atoms with Crippen molar-refractivity contribution in [2.24, 2.45) is 0 Å². The first-order chi connectivity index (χ1) is 13.4. The minimum atomic E-state index is -0.168. The van der Waals surface area contributed by atoms with Crippen LogP contribution in [0.3, 0.4) is 0 Å². The predicted octanol–water partition coefficient (Wildman–Crippen LogP) is 3.12. The third-order valence-corrected chi connectivity index (χ3v) is 4.60. The number of rotatable bonds is 3. The fraction of sp³-hybridized carbons (Fsp3) is 0.381. The van der Waals surface area contributed by atoms with Gasteiger partial charge in [-0.2, -0.15) is 0 Å². The van der Waals surface area contributed by atoms with Gasteiger partial charge in [0.2, 0.25) is 0 Å². The number of hydrogen-bond acceptors (Lipinski definition) is 5. The van der Waals surface area contributed by atoms with Crippen molar-refractivity contribution in [2.45, 2.75) is 39.2 Å². The molecule has 1 aromatic carbocycles. The Bertz CT molecular complexity index is 1020. The number of amides is 1. The van der Waals surface area contributed by atoms with Crippen molar-refractivity contribution in [3.05, 3.63) is 53.5 Å². The highest BCUT2D eigenvalue weighted by Gasteiger charge is 2.21. The van der Waals surface area contributed by atoms with Crippen LogP contribution in [0.25, 0.3) is 5.65 Å². The standard InChI is InChI=1S/C21H24N4O3/c1-21(2,3)20-24-23-18-8-6-15(13-25(18)20)19(26)22-12-14-5-7-16-17(11-14)28-10-4-9-27-16/h5-8,11,13H,4,9-10,12H2,1-3H3,(H,22,26). The Morgan fingerprint density at radius 3 is 2.68 bits per heavy atom. The highest BCUT2D eigenvalue weighted by atomic mass is 16.5. The first-order valence-electron chi connectivity index (χ1n) is 9.44. The van der Waals surface area contributed by atoms with Crippen LogP contribution in [-0.2, 0) is 12.0 Å². The number of ether oxygens (including phenoxy) is 2. The van der Waals surface area contributed by atoms with Gasteiger partial charge in [0.25, 0.3) is 5.91 Å². The van der Waals surface area contributed by atoms with Gasteiger partial charge in [0.05, 0.1) is 18.8 Å². The molecule has 0 unspecified atom stereocenters. The number of pyridine rings is 1. The summed E-state index contributed by atoms with van der Waals surface area (Å²) in [4.78, 5) is 12.7. The Balaban J connectivity index is 1.50. The Morgan fingerprint density at radius 1 is 1.11 bits per heavy atom. The molecule has 1 aliphatic heterocycles. The van der Waals surface area contributed by atoms with Crippen molar-refractivity contribution in [1.29, 1.82) is 0 Å². The number of carbonyl (C=O) groups excluding carboxylic acids is 1. The second kappa shape index (κ2) is 7.14. The van der Waals surface area contributed by atoms with E-state index in [-0.39, 0.29) is 11.3 Å². The van der Waals surface area contributed by atoms with Gasteiger partial charge in [-0.15, -0.1) is 10.2 Å². The zero-order valence-electron chi connectivity index (χ0n) is 16.4. The molecule has 3 heterocycles. The molecule has 0 fully saturated rings. The van der Waals surface area contributed by atoms with E-state index in [1.165, 1.54) is 0 Å². The van der Waals surface area contributed by atoms with Crippen molar-refractivity contribution in [2.75, 3.05) is 13.2 Å². The van der Waals surface area contributed by atoms with Gasteiger partial charge in [-0.3, -0.25) is 9.20 Å². The van der Waals surface area contributed by atoms with Crippen molar-refractivity contribution >= 4 is 11.6 Å². The zero-order chi connectivity index (χ0) is 19.7. The summed E-state index contributed by atoms with van der Waals surface area (Å²) >= 11 is 0. The van der Waals surface area contributed by atoms with E-state index in [4.69, 9.17) is 9.47 Å². The van der Waals surface area contributed by atoms with Crippen LogP contribution in [-0.4, -0.2) is 33.7 Å². The molecule has 0 aliphatic carbocycles. The Morgan fingerprint density at radius 2 is 1.89 bits per heavy atom. The van der Waals surface area contributed by atoms with Gasteiger partial charge in [0.15, 0.2) is 17.1 Å². The number of benzene rings is 1. The highest BCUT2D eigenvalue weighted by molar-refractivity contribution is 5.94. The van der Waals surface area contributed by atoms with E-state index in [0.29, 0.717) is 25.3 Å². The summed E-state index contributed by atoms with van der Waals surface area (Å²) in [6.45, 7) is 7.91. The van der Waals surface area contributed by atoms with Crippen LogP contribution in [0.2, 0.25) is 0 Å². The number of fused-ring (bicyclic) bond motifs is 2. The van der Waals surface area contributed by atoms with E-state index in [9.17, 15) is 4.79 Å². The first kappa shape index (κ1) is 18.3. The molecule has 1 amide bonds. The summed E-state index contributed by atoms with van der Waals surface area (Å²) in [5.74, 6) is 2.15. The molecule has 0 atom stereocenters. The number of nitrogens with zero attached hydrogens (tertiary/aromatic N) is 3. The van der Waals surface area contributed by atoms with E-state index >= 15 is 0 Å². The molecule has 0 radical (unpaired) electrons. The van der Waals surface area contributed by atoms with Crippen molar-refractivity contribution in [3.8, 4) is 11.5 Å². The van der Waals surface area contributed by atoms with E-state index in [2.05, 4.69) is 36.3 Å². The lowest BCUT2D eigenvalue weighted by Gasteiger charge is -2.16. The lowest BCUT2D eigenvalue weighted by Crippen LogP contribution is -2.23. The molecule has 0 saturated carbocycles. The summed E-state index contributed by atoms with van der Waals surface area (Å²) in [6, 6.07) is 9.32. The van der Waals surface area contributed by atoms with Gasteiger partial charge < -0.3 is 14.8 Å². The van der Waals surface area contributed by atoms with Crippen molar-refractivity contribution in [3.63, 3.8) is 0 Å². The second-order valence-electron chi connectivity index (χ2n) is 7.93. The van der Waals surface area contributed by atoms with Gasteiger partial charge in [0, 0.05) is 24.6 Å². The molecule has 1 aliphatic rings. The third kappa shape index (κ3) is 3.65. The fourth-order valence-electron chi connectivity index (χ4n) is 3.14. The average Bonchev–Trinajstić information content (AvgIpc) is 2.97. The topological polar surface area (TPSA) is 77.8 Å². The number of carbonyl (C=O) groups is 1. The molecule has 3 aromatic rings. The molecule has 4 rings (SSSR count). The van der Waals surface area contributed by atoms with E-state index < -0.39 is 0 Å². The second-order valence-corrected chi connectivity index (χ2v) is 7.93. The third-order valence-electron chi connectivity index (χ3n) is 4.60. The van der Waals surface area contributed by atoms with Crippen LogP contribution in [0.4, 0.5) is 0 Å². The van der Waals surface area contributed by atoms with Crippen LogP contribution < -0.4 is 14.8 Å². The Hall–Kier alpha value is -3.09. The van der Waals surface area contributed by atoms with Crippen LogP contribution in [0.15, 0.2) is 36.5 Å². The summed E-state index contributed by atoms with van der Waals surface area (Å²) in [7, 11) is 0. The van der Waals surface area contributed by atoms with Crippen molar-refractivity contribution in [1.82, 2.24) is 19.9 Å². The molecule has 28 heavy (non-hydrogen) atoms. The van der Waals surface area contributed by atoms with Crippen LogP contribution in [0, 0.1) is 0 Å². The largest absolute Gasteiger partial charge is 0.490 e. The fourth-order valence-corrected chi connectivity index (χ4v) is 3.14. The first-order valence-corrected chi connectivity index (χ1v) is 9.44. The molecule has 0 spiro atoms. The summed E-state index contributed by atoms with van der Waals surface area (Å²) in [6.07, 6.45) is 2.65.